The molecule has 2 aromatic heterocycles. The van der Waals surface area contributed by atoms with Crippen LogP contribution in [0.5, 0.6) is 0 Å². The second-order valence-corrected chi connectivity index (χ2v) is 4.92. The molecule has 1 aliphatic rings. The standard InChI is InChI=1S/C11H15N5O5/c12-9-6-10(14-3-13-9)16(4-15-6)1-5-7(18)8(19)11(20,2-17)21-5/h3-5,7-8,17-20H,1-2H2,(H2,12,13,14)/t5-,7-,8+,11-/m1/s1. The molecule has 10 nitrogen and oxygen atoms in total. The van der Waals surface area contributed by atoms with E-state index < -0.39 is 30.7 Å². The van der Waals surface area contributed by atoms with E-state index in [1.807, 2.05) is 0 Å². The van der Waals surface area contributed by atoms with Gasteiger partial charge >= 0.3 is 0 Å². The zero-order valence-corrected chi connectivity index (χ0v) is 10.9. The lowest BCUT2D eigenvalue weighted by Crippen LogP contribution is -2.46. The van der Waals surface area contributed by atoms with Crippen LogP contribution in [0.15, 0.2) is 12.7 Å². The van der Waals surface area contributed by atoms with Gasteiger partial charge in [0.1, 0.15) is 30.2 Å². The van der Waals surface area contributed by atoms with E-state index in [1.54, 1.807) is 4.57 Å². The quantitative estimate of drug-likeness (QED) is 0.403. The average molecular weight is 297 g/mol. The highest BCUT2D eigenvalue weighted by atomic mass is 16.7. The largest absolute Gasteiger partial charge is 0.391 e. The molecule has 0 aromatic carbocycles. The van der Waals surface area contributed by atoms with E-state index in [9.17, 15) is 15.3 Å². The Morgan fingerprint density at radius 1 is 1.33 bits per heavy atom. The molecule has 3 heterocycles. The Morgan fingerprint density at radius 3 is 2.76 bits per heavy atom. The van der Waals surface area contributed by atoms with Crippen molar-refractivity contribution in [3.05, 3.63) is 12.7 Å². The summed E-state index contributed by atoms with van der Waals surface area (Å²) in [6, 6.07) is 0. The molecule has 10 heteroatoms. The average Bonchev–Trinajstić information content (AvgIpc) is 2.97. The Balaban J connectivity index is 1.88. The molecule has 0 amide bonds. The Kier molecular flexibility index (Phi) is 3.26. The minimum atomic E-state index is -2.19. The van der Waals surface area contributed by atoms with E-state index in [4.69, 9.17) is 15.6 Å². The molecule has 1 fully saturated rings. The number of fused-ring (bicyclic) bond motifs is 1. The maximum Gasteiger partial charge on any atom is 0.219 e. The molecule has 0 unspecified atom stereocenters. The predicted octanol–water partition coefficient (Wildman–Crippen LogP) is -2.79. The van der Waals surface area contributed by atoms with Crippen molar-refractivity contribution in [3.8, 4) is 0 Å². The zero-order chi connectivity index (χ0) is 15.2. The van der Waals surface area contributed by atoms with E-state index in [0.29, 0.717) is 11.2 Å². The second-order valence-electron chi connectivity index (χ2n) is 4.92. The zero-order valence-electron chi connectivity index (χ0n) is 10.9. The van der Waals surface area contributed by atoms with Gasteiger partial charge in [-0.05, 0) is 0 Å². The molecule has 0 radical (unpaired) electrons. The van der Waals surface area contributed by atoms with Crippen LogP contribution in [0.1, 0.15) is 0 Å². The maximum absolute atomic E-state index is 9.91. The molecule has 4 atom stereocenters. The first-order valence-corrected chi connectivity index (χ1v) is 6.25. The van der Waals surface area contributed by atoms with Crippen molar-refractivity contribution in [3.63, 3.8) is 0 Å². The van der Waals surface area contributed by atoms with Crippen molar-refractivity contribution >= 4 is 17.0 Å². The molecule has 6 N–H and O–H groups in total. The van der Waals surface area contributed by atoms with Crippen molar-refractivity contribution in [2.45, 2.75) is 30.6 Å². The summed E-state index contributed by atoms with van der Waals surface area (Å²) in [4.78, 5) is 11.9. The third kappa shape index (κ3) is 2.13. The van der Waals surface area contributed by atoms with Gasteiger partial charge in [-0.2, -0.15) is 0 Å². The summed E-state index contributed by atoms with van der Waals surface area (Å²) in [7, 11) is 0. The lowest BCUT2D eigenvalue weighted by molar-refractivity contribution is -0.246. The van der Waals surface area contributed by atoms with Gasteiger partial charge in [-0.3, -0.25) is 0 Å². The van der Waals surface area contributed by atoms with Gasteiger partial charge in [0, 0.05) is 0 Å². The van der Waals surface area contributed by atoms with Gasteiger partial charge in [-0.25, -0.2) is 15.0 Å². The van der Waals surface area contributed by atoms with Crippen LogP contribution < -0.4 is 5.73 Å². The molecule has 114 valence electrons. The highest BCUT2D eigenvalue weighted by molar-refractivity contribution is 5.81. The molecular formula is C11H15N5O5. The van der Waals surface area contributed by atoms with Crippen LogP contribution in [-0.4, -0.2) is 70.7 Å². The molecule has 0 spiro atoms. The number of nitrogens with zero attached hydrogens (tertiary/aromatic N) is 4. The van der Waals surface area contributed by atoms with Gasteiger partial charge < -0.3 is 35.5 Å². The summed E-state index contributed by atoms with van der Waals surface area (Å²) < 4.78 is 6.71. The van der Waals surface area contributed by atoms with Crippen LogP contribution >= 0.6 is 0 Å². The fraction of sp³-hybridized carbons (Fsp3) is 0.545. The van der Waals surface area contributed by atoms with E-state index in [2.05, 4.69) is 15.0 Å². The van der Waals surface area contributed by atoms with Crippen LogP contribution in [0, 0.1) is 0 Å². The van der Waals surface area contributed by atoms with E-state index in [-0.39, 0.29) is 12.4 Å². The molecule has 21 heavy (non-hydrogen) atoms. The molecular weight excluding hydrogens is 282 g/mol. The first-order chi connectivity index (χ1) is 9.96. The fourth-order valence-electron chi connectivity index (χ4n) is 2.37. The highest BCUT2D eigenvalue weighted by Gasteiger charge is 2.53. The first-order valence-electron chi connectivity index (χ1n) is 6.25. The highest BCUT2D eigenvalue weighted by Crippen LogP contribution is 2.30. The summed E-state index contributed by atoms with van der Waals surface area (Å²) in [5, 5.41) is 38.5. The van der Waals surface area contributed by atoms with E-state index >= 15 is 0 Å². The van der Waals surface area contributed by atoms with Crippen LogP contribution in [0.3, 0.4) is 0 Å². The number of anilines is 1. The number of ether oxygens (including phenoxy) is 1. The molecule has 3 rings (SSSR count). The second kappa shape index (κ2) is 4.86. The number of aliphatic hydroxyl groups is 4. The molecule has 0 aliphatic carbocycles. The number of aromatic nitrogens is 4. The third-order valence-corrected chi connectivity index (χ3v) is 3.55. The number of rotatable bonds is 3. The lowest BCUT2D eigenvalue weighted by Gasteiger charge is -2.22. The summed E-state index contributed by atoms with van der Waals surface area (Å²) in [6.07, 6.45) is -1.19. The Hall–Kier alpha value is -1.85. The Morgan fingerprint density at radius 2 is 2.10 bits per heavy atom. The van der Waals surface area contributed by atoms with Gasteiger partial charge in [0.2, 0.25) is 5.79 Å². The number of imidazole rings is 1. The summed E-state index contributed by atoms with van der Waals surface area (Å²) >= 11 is 0. The van der Waals surface area contributed by atoms with E-state index in [1.165, 1.54) is 12.7 Å². The Bertz CT molecular complexity index is 663. The van der Waals surface area contributed by atoms with Crippen molar-refractivity contribution in [2.75, 3.05) is 12.3 Å². The lowest BCUT2D eigenvalue weighted by atomic mass is 10.1. The summed E-state index contributed by atoms with van der Waals surface area (Å²) in [6.45, 7) is -0.769. The van der Waals surface area contributed by atoms with Gasteiger partial charge in [0.25, 0.3) is 0 Å². The number of aliphatic hydroxyl groups excluding tert-OH is 3. The number of nitrogen functional groups attached to an aromatic ring is 1. The number of hydrogen-bond donors (Lipinski definition) is 5. The van der Waals surface area contributed by atoms with E-state index in [0.717, 1.165) is 0 Å². The molecule has 2 aromatic rings. The van der Waals surface area contributed by atoms with Gasteiger partial charge in [0.05, 0.1) is 19.5 Å². The predicted molar refractivity (Wildman–Crippen MR) is 68.7 cm³/mol. The van der Waals surface area contributed by atoms with Crippen LogP contribution in [-0.2, 0) is 11.3 Å². The van der Waals surface area contributed by atoms with Gasteiger partial charge in [0.15, 0.2) is 11.5 Å². The fourth-order valence-corrected chi connectivity index (χ4v) is 2.37. The van der Waals surface area contributed by atoms with Gasteiger partial charge in [-0.1, -0.05) is 0 Å². The van der Waals surface area contributed by atoms with Crippen molar-refractivity contribution in [1.29, 1.82) is 0 Å². The number of nitrogens with two attached hydrogens (primary N) is 1. The molecule has 0 bridgehead atoms. The molecule has 1 saturated heterocycles. The normalized spacial score (nSPS) is 32.9. The monoisotopic (exact) mass is 297 g/mol. The molecule has 0 saturated carbocycles. The summed E-state index contributed by atoms with van der Waals surface area (Å²) in [5.74, 6) is -1.97. The number of hydrogen-bond acceptors (Lipinski definition) is 9. The van der Waals surface area contributed by atoms with Crippen molar-refractivity contribution in [1.82, 2.24) is 19.5 Å². The van der Waals surface area contributed by atoms with Crippen LogP contribution in [0.4, 0.5) is 5.82 Å². The summed E-state index contributed by atoms with van der Waals surface area (Å²) in [5.41, 5.74) is 6.51. The Labute approximate surface area is 118 Å². The smallest absolute Gasteiger partial charge is 0.219 e. The minimum absolute atomic E-state index is 0.0630. The van der Waals surface area contributed by atoms with Crippen molar-refractivity contribution in [2.24, 2.45) is 0 Å². The van der Waals surface area contributed by atoms with Crippen LogP contribution in [0.25, 0.3) is 11.2 Å². The van der Waals surface area contributed by atoms with Crippen LogP contribution in [0.2, 0.25) is 0 Å². The first kappa shape index (κ1) is 14.1. The van der Waals surface area contributed by atoms with Gasteiger partial charge in [-0.15, -0.1) is 0 Å². The topological polar surface area (TPSA) is 160 Å². The maximum atomic E-state index is 9.91. The van der Waals surface area contributed by atoms with Crippen molar-refractivity contribution < 1.29 is 25.2 Å². The molecule has 1 aliphatic heterocycles. The third-order valence-electron chi connectivity index (χ3n) is 3.55. The minimum Gasteiger partial charge on any atom is -0.391 e. The SMILES string of the molecule is Nc1ncnc2c1ncn2C[C@H]1O[C@](O)(CO)[C@@H](O)[C@@H]1O.